The lowest BCUT2D eigenvalue weighted by atomic mass is 10.2. The quantitative estimate of drug-likeness (QED) is 0.579. The molecule has 1 N–H and O–H groups in total. The summed E-state index contributed by atoms with van der Waals surface area (Å²) in [6.07, 6.45) is 1.54. The highest BCUT2D eigenvalue weighted by molar-refractivity contribution is 8.18. The summed E-state index contributed by atoms with van der Waals surface area (Å²) < 4.78 is 10.9. The molecule has 1 aliphatic heterocycles. The molecule has 152 valence electrons. The number of thioether (sulfide) groups is 1. The van der Waals surface area contributed by atoms with Gasteiger partial charge in [0.1, 0.15) is 12.4 Å². The van der Waals surface area contributed by atoms with Gasteiger partial charge in [-0.1, -0.05) is 35.3 Å². The number of ether oxygens (including phenoxy) is 2. The molecule has 1 aliphatic rings. The zero-order valence-corrected chi connectivity index (χ0v) is 17.7. The lowest BCUT2D eigenvalue weighted by Gasteiger charge is -2.13. The van der Waals surface area contributed by atoms with Crippen LogP contribution in [0.5, 0.6) is 17.2 Å². The van der Waals surface area contributed by atoms with Gasteiger partial charge in [-0.25, -0.2) is 0 Å². The number of benzene rings is 2. The van der Waals surface area contributed by atoms with Crippen LogP contribution in [0.1, 0.15) is 12.5 Å². The largest absolute Gasteiger partial charge is 0.503 e. The first-order valence-corrected chi connectivity index (χ1v) is 10.3. The van der Waals surface area contributed by atoms with Crippen molar-refractivity contribution in [2.24, 2.45) is 0 Å². The third kappa shape index (κ3) is 4.98. The van der Waals surface area contributed by atoms with Gasteiger partial charge >= 0.3 is 0 Å². The molecule has 0 radical (unpaired) electrons. The number of para-hydroxylation sites is 1. The van der Waals surface area contributed by atoms with Gasteiger partial charge in [-0.3, -0.25) is 14.5 Å². The number of phenols is 1. The van der Waals surface area contributed by atoms with E-state index in [2.05, 4.69) is 0 Å². The number of hydrogen-bond donors (Lipinski definition) is 1. The molecule has 0 spiro atoms. The molecule has 0 aliphatic carbocycles. The summed E-state index contributed by atoms with van der Waals surface area (Å²) in [6.45, 7) is 2.33. The molecule has 1 heterocycles. The van der Waals surface area contributed by atoms with E-state index in [4.69, 9.17) is 32.7 Å². The Morgan fingerprint density at radius 3 is 2.59 bits per heavy atom. The number of nitrogens with zero attached hydrogens (tertiary/aromatic N) is 1. The van der Waals surface area contributed by atoms with E-state index in [-0.39, 0.29) is 39.8 Å². The first-order valence-electron chi connectivity index (χ1n) is 8.68. The standard InChI is InChI=1S/C20H17Cl2NO5S/c1-2-27-16-10-12(9-14(22)18(16)24)11-17-19(25)23(20(26)29-17)7-8-28-15-6-4-3-5-13(15)21/h3-6,9-11,24H,2,7-8H2,1H3/b17-11-. The van der Waals surface area contributed by atoms with Crippen LogP contribution in [0.2, 0.25) is 10.0 Å². The summed E-state index contributed by atoms with van der Waals surface area (Å²) in [5.74, 6) is 0.0953. The van der Waals surface area contributed by atoms with E-state index in [0.29, 0.717) is 22.9 Å². The maximum Gasteiger partial charge on any atom is 0.293 e. The van der Waals surface area contributed by atoms with Crippen LogP contribution in [-0.2, 0) is 4.79 Å². The molecule has 0 bridgehead atoms. The Morgan fingerprint density at radius 1 is 1.10 bits per heavy atom. The van der Waals surface area contributed by atoms with Crippen molar-refractivity contribution in [2.75, 3.05) is 19.8 Å². The van der Waals surface area contributed by atoms with Gasteiger partial charge in [0.15, 0.2) is 11.5 Å². The fraction of sp³-hybridized carbons (Fsp3) is 0.200. The summed E-state index contributed by atoms with van der Waals surface area (Å²) in [5, 5.41) is 10.1. The summed E-state index contributed by atoms with van der Waals surface area (Å²) in [6, 6.07) is 10.0. The van der Waals surface area contributed by atoms with Crippen LogP contribution < -0.4 is 9.47 Å². The first kappa shape index (κ1) is 21.4. The average Bonchev–Trinajstić information content (AvgIpc) is 2.94. The van der Waals surface area contributed by atoms with Crippen LogP contribution >= 0.6 is 35.0 Å². The van der Waals surface area contributed by atoms with E-state index < -0.39 is 5.91 Å². The van der Waals surface area contributed by atoms with Crippen molar-refractivity contribution in [1.29, 1.82) is 0 Å². The van der Waals surface area contributed by atoms with Crippen LogP contribution in [0.3, 0.4) is 0 Å². The minimum Gasteiger partial charge on any atom is -0.503 e. The molecule has 29 heavy (non-hydrogen) atoms. The van der Waals surface area contributed by atoms with E-state index in [0.717, 1.165) is 16.7 Å². The second kappa shape index (κ2) is 9.43. The van der Waals surface area contributed by atoms with E-state index in [1.807, 2.05) is 0 Å². The Bertz CT molecular complexity index is 979. The van der Waals surface area contributed by atoms with Gasteiger partial charge in [-0.15, -0.1) is 0 Å². The predicted octanol–water partition coefficient (Wildman–Crippen LogP) is 5.21. The van der Waals surface area contributed by atoms with Crippen molar-refractivity contribution < 1.29 is 24.2 Å². The smallest absolute Gasteiger partial charge is 0.293 e. The molecule has 1 saturated heterocycles. The van der Waals surface area contributed by atoms with Crippen LogP contribution in [-0.4, -0.2) is 40.9 Å². The van der Waals surface area contributed by atoms with Crippen molar-refractivity contribution in [3.8, 4) is 17.2 Å². The Kier molecular flexibility index (Phi) is 6.95. The van der Waals surface area contributed by atoms with E-state index in [1.54, 1.807) is 37.3 Å². The molecule has 2 amide bonds. The second-order valence-electron chi connectivity index (χ2n) is 5.89. The van der Waals surface area contributed by atoms with Gasteiger partial charge in [-0.2, -0.15) is 0 Å². The molecule has 6 nitrogen and oxygen atoms in total. The third-order valence-electron chi connectivity index (χ3n) is 3.93. The van der Waals surface area contributed by atoms with Gasteiger partial charge in [0.25, 0.3) is 11.1 Å². The van der Waals surface area contributed by atoms with Crippen LogP contribution in [0, 0.1) is 0 Å². The van der Waals surface area contributed by atoms with Crippen LogP contribution in [0.25, 0.3) is 6.08 Å². The lowest BCUT2D eigenvalue weighted by molar-refractivity contribution is -0.123. The summed E-state index contributed by atoms with van der Waals surface area (Å²) >= 11 is 12.9. The Morgan fingerprint density at radius 2 is 1.86 bits per heavy atom. The number of aromatic hydroxyl groups is 1. The molecule has 3 rings (SSSR count). The minimum atomic E-state index is -0.426. The molecular weight excluding hydrogens is 437 g/mol. The fourth-order valence-electron chi connectivity index (χ4n) is 2.60. The summed E-state index contributed by atoms with van der Waals surface area (Å²) in [7, 11) is 0. The number of carbonyl (C=O) groups excluding carboxylic acids is 2. The van der Waals surface area contributed by atoms with Crippen molar-refractivity contribution in [2.45, 2.75) is 6.92 Å². The number of amides is 2. The zero-order valence-electron chi connectivity index (χ0n) is 15.4. The van der Waals surface area contributed by atoms with E-state index in [1.165, 1.54) is 12.1 Å². The Hall–Kier alpha value is -2.35. The number of phenolic OH excluding ortho intramolecular Hbond substituents is 1. The second-order valence-corrected chi connectivity index (χ2v) is 7.70. The van der Waals surface area contributed by atoms with Gasteiger partial charge in [-0.05, 0) is 54.6 Å². The van der Waals surface area contributed by atoms with Crippen molar-refractivity contribution in [3.63, 3.8) is 0 Å². The van der Waals surface area contributed by atoms with Gasteiger partial charge in [0.05, 0.1) is 28.1 Å². The number of carbonyl (C=O) groups is 2. The number of hydrogen-bond acceptors (Lipinski definition) is 6. The zero-order chi connectivity index (χ0) is 21.0. The summed E-state index contributed by atoms with van der Waals surface area (Å²) in [5.41, 5.74) is 0.536. The molecular formula is C20H17Cl2NO5S. The van der Waals surface area contributed by atoms with Crippen LogP contribution in [0.15, 0.2) is 41.3 Å². The number of halogens is 2. The molecule has 2 aromatic rings. The van der Waals surface area contributed by atoms with Gasteiger partial charge < -0.3 is 14.6 Å². The number of rotatable bonds is 7. The van der Waals surface area contributed by atoms with Crippen molar-refractivity contribution in [3.05, 3.63) is 56.9 Å². The topological polar surface area (TPSA) is 76.1 Å². The van der Waals surface area contributed by atoms with E-state index in [9.17, 15) is 14.7 Å². The highest BCUT2D eigenvalue weighted by atomic mass is 35.5. The predicted molar refractivity (Wildman–Crippen MR) is 114 cm³/mol. The van der Waals surface area contributed by atoms with Crippen molar-refractivity contribution in [1.82, 2.24) is 4.90 Å². The highest BCUT2D eigenvalue weighted by Crippen LogP contribution is 2.38. The maximum absolute atomic E-state index is 12.6. The van der Waals surface area contributed by atoms with Crippen LogP contribution in [0.4, 0.5) is 4.79 Å². The normalized spacial score (nSPS) is 15.3. The number of imide groups is 1. The maximum atomic E-state index is 12.6. The SMILES string of the molecule is CCOc1cc(/C=C2\SC(=O)N(CCOc3ccccc3Cl)C2=O)cc(Cl)c1O. The summed E-state index contributed by atoms with van der Waals surface area (Å²) in [4.78, 5) is 26.2. The molecule has 0 atom stereocenters. The molecule has 0 aromatic heterocycles. The molecule has 1 fully saturated rings. The van der Waals surface area contributed by atoms with Gasteiger partial charge in [0.2, 0.25) is 0 Å². The molecule has 0 saturated carbocycles. The lowest BCUT2D eigenvalue weighted by Crippen LogP contribution is -2.32. The Labute approximate surface area is 182 Å². The van der Waals surface area contributed by atoms with Crippen molar-refractivity contribution >= 4 is 52.2 Å². The molecule has 2 aromatic carbocycles. The third-order valence-corrected chi connectivity index (χ3v) is 5.44. The molecule has 0 unspecified atom stereocenters. The molecule has 9 heteroatoms. The first-order chi connectivity index (χ1) is 13.9. The monoisotopic (exact) mass is 453 g/mol. The van der Waals surface area contributed by atoms with Gasteiger partial charge in [0, 0.05) is 0 Å². The minimum absolute atomic E-state index is 0.0910. The van der Waals surface area contributed by atoms with E-state index >= 15 is 0 Å². The average molecular weight is 454 g/mol. The highest BCUT2D eigenvalue weighted by Gasteiger charge is 2.34. The Balaban J connectivity index is 1.71. The fourth-order valence-corrected chi connectivity index (χ4v) is 3.87.